The second-order valence-corrected chi connectivity index (χ2v) is 6.40. The van der Waals surface area contributed by atoms with Crippen molar-refractivity contribution in [2.45, 2.75) is 18.2 Å². The number of carbonyl (C=O) groups is 1. The summed E-state index contributed by atoms with van der Waals surface area (Å²) in [4.78, 5) is 11.1. The van der Waals surface area contributed by atoms with Crippen LogP contribution in [0.25, 0.3) is 0 Å². The van der Waals surface area contributed by atoms with E-state index in [1.165, 1.54) is 6.07 Å². The van der Waals surface area contributed by atoms with Crippen LogP contribution in [0.3, 0.4) is 0 Å². The Morgan fingerprint density at radius 2 is 2.16 bits per heavy atom. The number of nitrogens with one attached hydrogen (secondary N) is 1. The van der Waals surface area contributed by atoms with E-state index in [0.29, 0.717) is 18.4 Å². The molecule has 2 unspecified atom stereocenters. The van der Waals surface area contributed by atoms with Gasteiger partial charge in [-0.2, -0.15) is 0 Å². The molecule has 19 heavy (non-hydrogen) atoms. The summed E-state index contributed by atoms with van der Waals surface area (Å²) in [6.45, 7) is 2.63. The molecule has 1 amide bonds. The first-order valence-corrected chi connectivity index (χ1v) is 7.44. The minimum Gasteiger partial charge on any atom is -0.352 e. The van der Waals surface area contributed by atoms with Gasteiger partial charge in [0.15, 0.2) is 0 Å². The number of benzene rings is 1. The third-order valence-corrected chi connectivity index (χ3v) is 4.23. The summed E-state index contributed by atoms with van der Waals surface area (Å²) in [5.41, 5.74) is 0.0822. The molecule has 0 aliphatic heterocycles. The van der Waals surface area contributed by atoms with Gasteiger partial charge in [0.2, 0.25) is 10.0 Å². The predicted octanol–water partition coefficient (Wildman–Crippen LogP) is 0.859. The highest BCUT2D eigenvalue weighted by Gasteiger charge is 2.32. The van der Waals surface area contributed by atoms with Crippen LogP contribution >= 0.6 is 0 Å². The van der Waals surface area contributed by atoms with Crippen molar-refractivity contribution in [3.05, 3.63) is 29.6 Å². The zero-order chi connectivity index (χ0) is 14.2. The Kier molecular flexibility index (Phi) is 3.60. The Morgan fingerprint density at radius 3 is 2.68 bits per heavy atom. The average molecular weight is 286 g/mol. The maximum atomic E-state index is 13.3. The van der Waals surface area contributed by atoms with Gasteiger partial charge >= 0.3 is 0 Å². The summed E-state index contributed by atoms with van der Waals surface area (Å²) >= 11 is 0. The van der Waals surface area contributed by atoms with Crippen molar-refractivity contribution in [1.29, 1.82) is 0 Å². The fourth-order valence-corrected chi connectivity index (χ4v) is 2.50. The molecule has 1 fully saturated rings. The molecule has 0 radical (unpaired) electrons. The molecule has 1 aromatic carbocycles. The summed E-state index contributed by atoms with van der Waals surface area (Å²) in [7, 11) is -4.17. The van der Waals surface area contributed by atoms with Gasteiger partial charge in [0.25, 0.3) is 5.91 Å². The molecule has 0 heterocycles. The van der Waals surface area contributed by atoms with Gasteiger partial charge in [0.1, 0.15) is 10.7 Å². The second-order valence-electron chi connectivity index (χ2n) is 4.87. The number of halogens is 1. The van der Waals surface area contributed by atoms with E-state index in [0.717, 1.165) is 18.6 Å². The van der Waals surface area contributed by atoms with Crippen LogP contribution in [-0.2, 0) is 10.0 Å². The summed E-state index contributed by atoms with van der Waals surface area (Å²) in [6.07, 6.45) is 1.08. The summed E-state index contributed by atoms with van der Waals surface area (Å²) < 4.78 is 35.6. The van der Waals surface area contributed by atoms with Crippen molar-refractivity contribution >= 4 is 15.9 Å². The molecule has 1 aromatic rings. The normalized spacial score (nSPS) is 22.1. The number of primary sulfonamides is 1. The summed E-state index contributed by atoms with van der Waals surface area (Å²) in [5.74, 6) is -0.311. The number of rotatable bonds is 4. The number of hydrogen-bond acceptors (Lipinski definition) is 3. The van der Waals surface area contributed by atoms with E-state index >= 15 is 0 Å². The second kappa shape index (κ2) is 4.90. The molecule has 0 spiro atoms. The van der Waals surface area contributed by atoms with E-state index in [1.807, 2.05) is 0 Å². The van der Waals surface area contributed by atoms with Gasteiger partial charge in [0.05, 0.1) is 0 Å². The van der Waals surface area contributed by atoms with E-state index in [2.05, 4.69) is 12.2 Å². The topological polar surface area (TPSA) is 89.3 Å². The first kappa shape index (κ1) is 14.0. The lowest BCUT2D eigenvalue weighted by molar-refractivity contribution is 0.0951. The van der Waals surface area contributed by atoms with Crippen LogP contribution in [-0.4, -0.2) is 20.9 Å². The van der Waals surface area contributed by atoms with Crippen LogP contribution in [0.2, 0.25) is 0 Å². The van der Waals surface area contributed by atoms with Crippen molar-refractivity contribution in [1.82, 2.24) is 5.32 Å². The zero-order valence-electron chi connectivity index (χ0n) is 10.4. The van der Waals surface area contributed by atoms with Crippen molar-refractivity contribution < 1.29 is 17.6 Å². The Bertz CT molecular complexity index is 615. The van der Waals surface area contributed by atoms with Gasteiger partial charge < -0.3 is 5.32 Å². The summed E-state index contributed by atoms with van der Waals surface area (Å²) in [6, 6.07) is 3.11. The molecule has 2 atom stereocenters. The first-order chi connectivity index (χ1) is 8.79. The smallest absolute Gasteiger partial charge is 0.251 e. The molecular weight excluding hydrogens is 271 g/mol. The van der Waals surface area contributed by atoms with Gasteiger partial charge in [-0.3, -0.25) is 4.79 Å². The molecule has 5 nitrogen and oxygen atoms in total. The van der Waals surface area contributed by atoms with Crippen LogP contribution in [0.4, 0.5) is 4.39 Å². The Labute approximate surface area is 111 Å². The van der Waals surface area contributed by atoms with Crippen LogP contribution in [0.1, 0.15) is 23.7 Å². The maximum absolute atomic E-state index is 13.3. The van der Waals surface area contributed by atoms with E-state index in [-0.39, 0.29) is 5.56 Å². The molecule has 3 N–H and O–H groups in total. The van der Waals surface area contributed by atoms with Crippen LogP contribution in [0, 0.1) is 17.7 Å². The fourth-order valence-electron chi connectivity index (χ4n) is 1.87. The highest BCUT2D eigenvalue weighted by molar-refractivity contribution is 7.89. The molecule has 1 aliphatic rings. The monoisotopic (exact) mass is 286 g/mol. The standard InChI is InChI=1S/C12H15FN2O3S/c1-7-4-9(7)6-15-12(16)8-2-3-10(13)11(5-8)19(14,17)18/h2-3,5,7,9H,4,6H2,1H3,(H,15,16)(H2,14,17,18). The van der Waals surface area contributed by atoms with Gasteiger partial charge in [-0.1, -0.05) is 6.92 Å². The van der Waals surface area contributed by atoms with E-state index in [9.17, 15) is 17.6 Å². The molecule has 7 heteroatoms. The third-order valence-electron chi connectivity index (χ3n) is 3.30. The highest BCUT2D eigenvalue weighted by Crippen LogP contribution is 2.36. The number of hydrogen-bond donors (Lipinski definition) is 2. The SMILES string of the molecule is CC1CC1CNC(=O)c1ccc(F)c(S(N)(=O)=O)c1. The van der Waals surface area contributed by atoms with Gasteiger partial charge in [-0.25, -0.2) is 17.9 Å². The van der Waals surface area contributed by atoms with E-state index in [1.54, 1.807) is 0 Å². The highest BCUT2D eigenvalue weighted by atomic mass is 32.2. The maximum Gasteiger partial charge on any atom is 0.251 e. The van der Waals surface area contributed by atoms with Gasteiger partial charge in [0, 0.05) is 12.1 Å². The Morgan fingerprint density at radius 1 is 1.53 bits per heavy atom. The van der Waals surface area contributed by atoms with Gasteiger partial charge in [-0.05, 0) is 36.5 Å². The molecule has 2 rings (SSSR count). The van der Waals surface area contributed by atoms with Crippen LogP contribution in [0.15, 0.2) is 23.1 Å². The van der Waals surface area contributed by atoms with Crippen LogP contribution < -0.4 is 10.5 Å². The van der Waals surface area contributed by atoms with Crippen molar-refractivity contribution in [2.75, 3.05) is 6.54 Å². The van der Waals surface area contributed by atoms with Crippen molar-refractivity contribution in [3.63, 3.8) is 0 Å². The van der Waals surface area contributed by atoms with Gasteiger partial charge in [-0.15, -0.1) is 0 Å². The third kappa shape index (κ3) is 3.30. The minimum atomic E-state index is -4.17. The Balaban J connectivity index is 2.14. The lowest BCUT2D eigenvalue weighted by atomic mass is 10.2. The molecule has 0 bridgehead atoms. The lowest BCUT2D eigenvalue weighted by Crippen LogP contribution is -2.26. The molecule has 104 valence electrons. The number of amides is 1. The molecule has 1 aliphatic carbocycles. The average Bonchev–Trinajstić information content (AvgIpc) is 3.01. The first-order valence-electron chi connectivity index (χ1n) is 5.89. The largest absolute Gasteiger partial charge is 0.352 e. The number of sulfonamides is 1. The summed E-state index contributed by atoms with van der Waals surface area (Å²) in [5, 5.41) is 7.57. The predicted molar refractivity (Wildman–Crippen MR) is 67.4 cm³/mol. The van der Waals surface area contributed by atoms with E-state index < -0.39 is 26.6 Å². The van der Waals surface area contributed by atoms with Crippen LogP contribution in [0.5, 0.6) is 0 Å². The number of nitrogens with two attached hydrogens (primary N) is 1. The Hall–Kier alpha value is -1.47. The zero-order valence-corrected chi connectivity index (χ0v) is 11.2. The molecule has 0 aromatic heterocycles. The van der Waals surface area contributed by atoms with Crippen molar-refractivity contribution in [2.24, 2.45) is 17.0 Å². The quantitative estimate of drug-likeness (QED) is 0.860. The molecule has 1 saturated carbocycles. The molecular formula is C12H15FN2O3S. The lowest BCUT2D eigenvalue weighted by Gasteiger charge is -2.06. The number of carbonyl (C=O) groups excluding carboxylic acids is 1. The minimum absolute atomic E-state index is 0.0822. The fraction of sp³-hybridized carbons (Fsp3) is 0.417. The van der Waals surface area contributed by atoms with Crippen molar-refractivity contribution in [3.8, 4) is 0 Å². The molecule has 0 saturated heterocycles. The van der Waals surface area contributed by atoms with E-state index in [4.69, 9.17) is 5.14 Å².